The summed E-state index contributed by atoms with van der Waals surface area (Å²) >= 11 is 1.69. The molecule has 0 saturated heterocycles. The summed E-state index contributed by atoms with van der Waals surface area (Å²) in [5.74, 6) is -0.295. The average molecular weight is 369 g/mol. The Bertz CT molecular complexity index is 846. The Morgan fingerprint density at radius 2 is 1.96 bits per heavy atom. The number of H-pyrrole nitrogens is 1. The molecule has 136 valence electrons. The van der Waals surface area contributed by atoms with Crippen molar-refractivity contribution in [3.8, 4) is 10.6 Å². The summed E-state index contributed by atoms with van der Waals surface area (Å²) in [6, 6.07) is 11.6. The minimum absolute atomic E-state index is 0.295. The Morgan fingerprint density at radius 3 is 2.62 bits per heavy atom. The van der Waals surface area contributed by atoms with Gasteiger partial charge >= 0.3 is 5.97 Å². The fraction of sp³-hybridized carbons (Fsp3) is 0.300. The highest BCUT2D eigenvalue weighted by atomic mass is 32.1. The smallest absolute Gasteiger partial charge is 0.338 e. The second-order valence-electron chi connectivity index (χ2n) is 7.05. The number of nitrogens with one attached hydrogen (secondary N) is 2. The number of hydrogen-bond donors (Lipinski definition) is 2. The molecule has 0 saturated carbocycles. The van der Waals surface area contributed by atoms with E-state index in [1.54, 1.807) is 23.5 Å². The molecule has 0 aliphatic rings. The number of esters is 1. The molecule has 2 aromatic heterocycles. The lowest BCUT2D eigenvalue weighted by Crippen LogP contribution is -2.23. The van der Waals surface area contributed by atoms with Gasteiger partial charge < -0.3 is 10.1 Å². The van der Waals surface area contributed by atoms with Gasteiger partial charge in [0.05, 0.1) is 22.3 Å². The Hall–Kier alpha value is -2.44. The van der Waals surface area contributed by atoms with Crippen molar-refractivity contribution in [2.45, 2.75) is 39.5 Å². The predicted molar refractivity (Wildman–Crippen MR) is 104 cm³/mol. The van der Waals surface area contributed by atoms with Gasteiger partial charge in [-0.2, -0.15) is 5.10 Å². The van der Waals surface area contributed by atoms with Gasteiger partial charge in [0.25, 0.3) is 0 Å². The minimum atomic E-state index is -0.484. The molecule has 0 spiro atoms. The van der Waals surface area contributed by atoms with Crippen LogP contribution in [0.4, 0.5) is 0 Å². The van der Waals surface area contributed by atoms with Crippen molar-refractivity contribution in [3.05, 3.63) is 64.7 Å². The van der Waals surface area contributed by atoms with Gasteiger partial charge in [0.15, 0.2) is 0 Å². The molecule has 26 heavy (non-hydrogen) atoms. The lowest BCUT2D eigenvalue weighted by molar-refractivity contribution is 0.00695. The molecule has 0 aliphatic heterocycles. The number of carbonyl (C=O) groups excluding carboxylic acids is 1. The highest BCUT2D eigenvalue weighted by Crippen LogP contribution is 2.25. The first kappa shape index (κ1) is 18.4. The van der Waals surface area contributed by atoms with Crippen molar-refractivity contribution in [1.29, 1.82) is 0 Å². The Kier molecular flexibility index (Phi) is 5.54. The molecule has 0 amide bonds. The molecule has 2 heterocycles. The van der Waals surface area contributed by atoms with Crippen LogP contribution >= 0.6 is 11.3 Å². The van der Waals surface area contributed by atoms with Gasteiger partial charge in [-0.05, 0) is 49.9 Å². The number of benzene rings is 1. The highest BCUT2D eigenvalue weighted by Gasteiger charge is 2.17. The maximum atomic E-state index is 12.0. The Balaban J connectivity index is 1.55. The van der Waals surface area contributed by atoms with Gasteiger partial charge in [-0.15, -0.1) is 11.3 Å². The van der Waals surface area contributed by atoms with Gasteiger partial charge in [0.2, 0.25) is 0 Å². The first-order chi connectivity index (χ1) is 12.4. The predicted octanol–water partition coefficient (Wildman–Crippen LogP) is 4.38. The third kappa shape index (κ3) is 4.80. The molecule has 0 fully saturated rings. The second-order valence-corrected chi connectivity index (χ2v) is 8.00. The molecule has 6 heteroatoms. The molecular weight excluding hydrogens is 346 g/mol. The van der Waals surface area contributed by atoms with Crippen molar-refractivity contribution < 1.29 is 9.53 Å². The summed E-state index contributed by atoms with van der Waals surface area (Å²) in [7, 11) is 0. The summed E-state index contributed by atoms with van der Waals surface area (Å²) in [5.41, 5.74) is 3.39. The first-order valence-electron chi connectivity index (χ1n) is 8.51. The van der Waals surface area contributed by atoms with Crippen molar-refractivity contribution >= 4 is 17.3 Å². The number of thiophene rings is 1. The second kappa shape index (κ2) is 7.85. The van der Waals surface area contributed by atoms with Crippen LogP contribution in [0.5, 0.6) is 0 Å². The summed E-state index contributed by atoms with van der Waals surface area (Å²) in [6.45, 7) is 7.03. The lowest BCUT2D eigenvalue weighted by Gasteiger charge is -2.19. The van der Waals surface area contributed by atoms with Crippen LogP contribution in [0.3, 0.4) is 0 Å². The molecule has 0 bridgehead atoms. The maximum Gasteiger partial charge on any atom is 0.338 e. The van der Waals surface area contributed by atoms with Gasteiger partial charge in [0, 0.05) is 18.7 Å². The van der Waals surface area contributed by atoms with Crippen LogP contribution in [0.15, 0.2) is 48.0 Å². The van der Waals surface area contributed by atoms with E-state index in [-0.39, 0.29) is 5.97 Å². The van der Waals surface area contributed by atoms with Crippen LogP contribution in [0.1, 0.15) is 42.3 Å². The van der Waals surface area contributed by atoms with Crippen molar-refractivity contribution in [2.24, 2.45) is 0 Å². The summed E-state index contributed by atoms with van der Waals surface area (Å²) in [6.07, 6.45) is 1.85. The zero-order chi connectivity index (χ0) is 18.6. The number of ether oxygens (including phenoxy) is 1. The molecule has 2 N–H and O–H groups in total. The van der Waals surface area contributed by atoms with Crippen molar-refractivity contribution in [2.75, 3.05) is 0 Å². The quantitative estimate of drug-likeness (QED) is 0.633. The van der Waals surface area contributed by atoms with E-state index >= 15 is 0 Å². The van der Waals surface area contributed by atoms with E-state index in [9.17, 15) is 4.79 Å². The molecule has 1 aromatic carbocycles. The van der Waals surface area contributed by atoms with E-state index in [1.165, 1.54) is 4.88 Å². The topological polar surface area (TPSA) is 67.0 Å². The number of aromatic nitrogens is 2. The normalized spacial score (nSPS) is 11.5. The SMILES string of the molecule is CC(C)(C)OC(=O)c1ccc(CNCc2cn[nH]c2-c2cccs2)cc1. The van der Waals surface area contributed by atoms with Gasteiger partial charge in [-0.25, -0.2) is 4.79 Å². The van der Waals surface area contributed by atoms with E-state index in [0.29, 0.717) is 12.1 Å². The fourth-order valence-electron chi connectivity index (χ4n) is 2.52. The maximum absolute atomic E-state index is 12.0. The number of rotatable bonds is 6. The average Bonchev–Trinajstić information content (AvgIpc) is 3.25. The van der Waals surface area contributed by atoms with E-state index in [2.05, 4.69) is 27.0 Å². The lowest BCUT2D eigenvalue weighted by atomic mass is 10.1. The minimum Gasteiger partial charge on any atom is -0.456 e. The standard InChI is InChI=1S/C20H23N3O2S/c1-20(2,3)25-19(24)15-8-6-14(7-9-15)11-21-12-16-13-22-23-18(16)17-5-4-10-26-17/h4-10,13,21H,11-12H2,1-3H3,(H,22,23). The van der Waals surface area contributed by atoms with Crippen LogP contribution in [0, 0.1) is 0 Å². The van der Waals surface area contributed by atoms with E-state index in [1.807, 2.05) is 45.2 Å². The van der Waals surface area contributed by atoms with Gasteiger partial charge in [-0.3, -0.25) is 5.10 Å². The van der Waals surface area contributed by atoms with Crippen LogP contribution in [0.2, 0.25) is 0 Å². The Labute approximate surface area is 157 Å². The van der Waals surface area contributed by atoms with Crippen LogP contribution in [-0.4, -0.2) is 21.8 Å². The van der Waals surface area contributed by atoms with Gasteiger partial charge in [-0.1, -0.05) is 18.2 Å². The number of nitrogens with zero attached hydrogens (tertiary/aromatic N) is 1. The summed E-state index contributed by atoms with van der Waals surface area (Å²) < 4.78 is 5.38. The molecule has 0 unspecified atom stereocenters. The van der Waals surface area contributed by atoms with Crippen LogP contribution < -0.4 is 5.32 Å². The van der Waals surface area contributed by atoms with Crippen molar-refractivity contribution in [3.63, 3.8) is 0 Å². The van der Waals surface area contributed by atoms with Crippen LogP contribution in [0.25, 0.3) is 10.6 Å². The zero-order valence-electron chi connectivity index (χ0n) is 15.2. The largest absolute Gasteiger partial charge is 0.456 e. The van der Waals surface area contributed by atoms with Crippen molar-refractivity contribution in [1.82, 2.24) is 15.5 Å². The van der Waals surface area contributed by atoms with Crippen LogP contribution in [-0.2, 0) is 17.8 Å². The molecule has 5 nitrogen and oxygen atoms in total. The summed E-state index contributed by atoms with van der Waals surface area (Å²) in [4.78, 5) is 13.2. The molecule has 0 aliphatic carbocycles. The number of hydrogen-bond acceptors (Lipinski definition) is 5. The monoisotopic (exact) mass is 369 g/mol. The fourth-order valence-corrected chi connectivity index (χ4v) is 3.27. The molecule has 3 aromatic rings. The summed E-state index contributed by atoms with van der Waals surface area (Å²) in [5, 5.41) is 12.7. The molecule has 0 atom stereocenters. The first-order valence-corrected chi connectivity index (χ1v) is 9.39. The van der Waals surface area contributed by atoms with E-state index < -0.39 is 5.60 Å². The molecule has 3 rings (SSSR count). The number of aromatic amines is 1. The van der Waals surface area contributed by atoms with E-state index in [0.717, 1.165) is 23.4 Å². The number of carbonyl (C=O) groups is 1. The molecule has 0 radical (unpaired) electrons. The van der Waals surface area contributed by atoms with Gasteiger partial charge in [0.1, 0.15) is 5.60 Å². The third-order valence-corrected chi connectivity index (χ3v) is 4.61. The highest BCUT2D eigenvalue weighted by molar-refractivity contribution is 7.13. The third-order valence-electron chi connectivity index (χ3n) is 3.72. The molecular formula is C20H23N3O2S. The zero-order valence-corrected chi connectivity index (χ0v) is 16.0. The van der Waals surface area contributed by atoms with E-state index in [4.69, 9.17) is 4.74 Å². The Morgan fingerprint density at radius 1 is 1.19 bits per heavy atom.